The minimum absolute atomic E-state index is 0.00401. The topological polar surface area (TPSA) is 32.3 Å². The number of rotatable bonds is 2. The molecule has 1 fully saturated rings. The van der Waals surface area contributed by atoms with Gasteiger partial charge in [-0.15, -0.1) is 0 Å². The lowest BCUT2D eigenvalue weighted by atomic mass is 10.1. The summed E-state index contributed by atoms with van der Waals surface area (Å²) in [5.41, 5.74) is 2.23. The van der Waals surface area contributed by atoms with Crippen LogP contribution in [0.15, 0.2) is 72.8 Å². The van der Waals surface area contributed by atoms with Gasteiger partial charge in [0.2, 0.25) is 0 Å². The summed E-state index contributed by atoms with van der Waals surface area (Å²) >= 11 is 1.95. The van der Waals surface area contributed by atoms with E-state index in [0.717, 1.165) is 41.7 Å². The van der Waals surface area contributed by atoms with E-state index in [4.69, 9.17) is 0 Å². The second-order valence-electron chi connectivity index (χ2n) is 6.50. The molecular formula is C22H22N2OS. The number of thioether (sulfide) groups is 1. The smallest absolute Gasteiger partial charge is 0.321 e. The molecule has 1 heterocycles. The van der Waals surface area contributed by atoms with E-state index in [1.807, 2.05) is 40.9 Å². The highest BCUT2D eigenvalue weighted by atomic mass is 32.2. The highest BCUT2D eigenvalue weighted by Gasteiger charge is 2.22. The fourth-order valence-corrected chi connectivity index (χ4v) is 4.67. The van der Waals surface area contributed by atoms with Crippen LogP contribution in [0, 0.1) is 0 Å². The molecule has 1 aliphatic rings. The Bertz CT molecular complexity index is 892. The number of benzene rings is 3. The van der Waals surface area contributed by atoms with Crippen LogP contribution in [-0.4, -0.2) is 29.8 Å². The third-order valence-electron chi connectivity index (χ3n) is 4.83. The average molecular weight is 362 g/mol. The van der Waals surface area contributed by atoms with Crippen molar-refractivity contribution in [2.45, 2.75) is 11.7 Å². The molecule has 26 heavy (non-hydrogen) atoms. The molecule has 0 aromatic heterocycles. The number of carbonyl (C=O) groups excluding carboxylic acids is 1. The molecule has 1 aliphatic heterocycles. The summed E-state index contributed by atoms with van der Waals surface area (Å²) in [5, 5.41) is 5.80. The van der Waals surface area contributed by atoms with Gasteiger partial charge in [-0.05, 0) is 23.4 Å². The SMILES string of the molecule is O=C(Nc1cccc2ccccc12)N1CCSC(c2ccccc2)CC1. The second-order valence-corrected chi connectivity index (χ2v) is 7.81. The van der Waals surface area contributed by atoms with E-state index >= 15 is 0 Å². The third-order valence-corrected chi connectivity index (χ3v) is 6.16. The van der Waals surface area contributed by atoms with Gasteiger partial charge in [0.25, 0.3) is 0 Å². The Hall–Kier alpha value is -2.46. The Morgan fingerprint density at radius 3 is 2.58 bits per heavy atom. The molecule has 0 aliphatic carbocycles. The second kappa shape index (κ2) is 7.83. The molecule has 3 aromatic carbocycles. The number of anilines is 1. The van der Waals surface area contributed by atoms with Crippen molar-refractivity contribution in [1.29, 1.82) is 0 Å². The molecule has 4 heteroatoms. The van der Waals surface area contributed by atoms with Crippen molar-refractivity contribution in [2.24, 2.45) is 0 Å². The minimum atomic E-state index is -0.00401. The highest BCUT2D eigenvalue weighted by molar-refractivity contribution is 7.99. The van der Waals surface area contributed by atoms with Gasteiger partial charge < -0.3 is 10.2 Å². The lowest BCUT2D eigenvalue weighted by Crippen LogP contribution is -2.36. The molecule has 2 amide bonds. The monoisotopic (exact) mass is 362 g/mol. The Balaban J connectivity index is 1.45. The minimum Gasteiger partial charge on any atom is -0.324 e. The summed E-state index contributed by atoms with van der Waals surface area (Å²) in [6.45, 7) is 1.56. The van der Waals surface area contributed by atoms with E-state index < -0.39 is 0 Å². The fraction of sp³-hybridized carbons (Fsp3) is 0.227. The van der Waals surface area contributed by atoms with Crippen molar-refractivity contribution < 1.29 is 4.79 Å². The van der Waals surface area contributed by atoms with E-state index in [1.54, 1.807) is 0 Å². The first kappa shape index (κ1) is 17.0. The van der Waals surface area contributed by atoms with Crippen LogP contribution in [0.25, 0.3) is 10.8 Å². The summed E-state index contributed by atoms with van der Waals surface area (Å²) < 4.78 is 0. The predicted molar refractivity (Wildman–Crippen MR) is 111 cm³/mol. The zero-order valence-electron chi connectivity index (χ0n) is 14.6. The van der Waals surface area contributed by atoms with Gasteiger partial charge in [-0.2, -0.15) is 11.8 Å². The standard InChI is InChI=1S/C22H22N2OS/c25-22(23-20-12-6-10-17-7-4-5-11-19(17)20)24-14-13-21(26-16-15-24)18-8-2-1-3-9-18/h1-12,21H,13-16H2,(H,23,25). The number of fused-ring (bicyclic) bond motifs is 1. The average Bonchev–Trinajstić information content (AvgIpc) is 2.95. The maximum Gasteiger partial charge on any atom is 0.321 e. The van der Waals surface area contributed by atoms with Gasteiger partial charge in [0, 0.05) is 29.5 Å². The molecule has 0 bridgehead atoms. The molecule has 0 saturated carbocycles. The van der Waals surface area contributed by atoms with Crippen LogP contribution in [0.1, 0.15) is 17.2 Å². The third kappa shape index (κ3) is 3.70. The lowest BCUT2D eigenvalue weighted by Gasteiger charge is -2.21. The largest absolute Gasteiger partial charge is 0.324 e. The Morgan fingerprint density at radius 1 is 0.923 bits per heavy atom. The predicted octanol–water partition coefficient (Wildman–Crippen LogP) is 5.55. The van der Waals surface area contributed by atoms with E-state index in [2.05, 4.69) is 53.8 Å². The molecule has 1 saturated heterocycles. The molecule has 3 nitrogen and oxygen atoms in total. The lowest BCUT2D eigenvalue weighted by molar-refractivity contribution is 0.215. The zero-order chi connectivity index (χ0) is 17.8. The first-order chi connectivity index (χ1) is 12.8. The first-order valence-corrected chi connectivity index (χ1v) is 10.1. The van der Waals surface area contributed by atoms with E-state index in [-0.39, 0.29) is 6.03 Å². The van der Waals surface area contributed by atoms with Crippen molar-refractivity contribution >= 4 is 34.3 Å². The normalized spacial score (nSPS) is 17.7. The maximum atomic E-state index is 12.8. The molecule has 4 rings (SSSR count). The maximum absolute atomic E-state index is 12.8. The van der Waals surface area contributed by atoms with Crippen LogP contribution in [0.5, 0.6) is 0 Å². The van der Waals surface area contributed by atoms with Crippen molar-refractivity contribution in [3.8, 4) is 0 Å². The zero-order valence-corrected chi connectivity index (χ0v) is 15.4. The van der Waals surface area contributed by atoms with Gasteiger partial charge in [0.15, 0.2) is 0 Å². The number of carbonyl (C=O) groups is 1. The van der Waals surface area contributed by atoms with E-state index in [1.165, 1.54) is 5.56 Å². The number of hydrogen-bond acceptors (Lipinski definition) is 2. The number of hydrogen-bond donors (Lipinski definition) is 1. The Morgan fingerprint density at radius 2 is 1.69 bits per heavy atom. The Kier molecular flexibility index (Phi) is 5.12. The quantitative estimate of drug-likeness (QED) is 0.648. The van der Waals surface area contributed by atoms with Gasteiger partial charge in [-0.3, -0.25) is 0 Å². The Labute approximate surface area is 158 Å². The summed E-state index contributed by atoms with van der Waals surface area (Å²) in [6, 6.07) is 24.8. The van der Waals surface area contributed by atoms with Crippen molar-refractivity contribution in [3.63, 3.8) is 0 Å². The molecule has 1 N–H and O–H groups in total. The summed E-state index contributed by atoms with van der Waals surface area (Å²) in [6.07, 6.45) is 0.984. The molecule has 1 atom stereocenters. The van der Waals surface area contributed by atoms with Crippen molar-refractivity contribution in [2.75, 3.05) is 24.2 Å². The van der Waals surface area contributed by atoms with E-state index in [0.29, 0.717) is 5.25 Å². The van der Waals surface area contributed by atoms with Gasteiger partial charge in [0.05, 0.1) is 5.69 Å². The van der Waals surface area contributed by atoms with Crippen molar-refractivity contribution in [3.05, 3.63) is 78.4 Å². The van der Waals surface area contributed by atoms with Crippen molar-refractivity contribution in [1.82, 2.24) is 4.90 Å². The van der Waals surface area contributed by atoms with Gasteiger partial charge in [0.1, 0.15) is 0 Å². The van der Waals surface area contributed by atoms with Crippen LogP contribution < -0.4 is 5.32 Å². The number of nitrogens with zero attached hydrogens (tertiary/aromatic N) is 1. The van der Waals surface area contributed by atoms with Crippen LogP contribution >= 0.6 is 11.8 Å². The summed E-state index contributed by atoms with van der Waals surface area (Å²) in [5.74, 6) is 0.961. The highest BCUT2D eigenvalue weighted by Crippen LogP contribution is 2.34. The summed E-state index contributed by atoms with van der Waals surface area (Å²) in [7, 11) is 0. The molecule has 1 unspecified atom stereocenters. The molecular weight excluding hydrogens is 340 g/mol. The number of urea groups is 1. The number of amides is 2. The van der Waals surface area contributed by atoms with Crippen LogP contribution in [0.2, 0.25) is 0 Å². The van der Waals surface area contributed by atoms with Gasteiger partial charge in [-0.25, -0.2) is 4.79 Å². The molecule has 0 spiro atoms. The van der Waals surface area contributed by atoms with Crippen LogP contribution in [-0.2, 0) is 0 Å². The van der Waals surface area contributed by atoms with Crippen LogP contribution in [0.4, 0.5) is 10.5 Å². The van der Waals surface area contributed by atoms with Crippen LogP contribution in [0.3, 0.4) is 0 Å². The summed E-state index contributed by atoms with van der Waals surface area (Å²) in [4.78, 5) is 14.8. The van der Waals surface area contributed by atoms with Gasteiger partial charge in [-0.1, -0.05) is 66.7 Å². The first-order valence-electron chi connectivity index (χ1n) is 9.01. The molecule has 3 aromatic rings. The fourth-order valence-electron chi connectivity index (χ4n) is 3.44. The number of nitrogens with one attached hydrogen (secondary N) is 1. The molecule has 132 valence electrons. The van der Waals surface area contributed by atoms with E-state index in [9.17, 15) is 4.79 Å². The van der Waals surface area contributed by atoms with Gasteiger partial charge >= 0.3 is 6.03 Å². The molecule has 0 radical (unpaired) electrons.